The van der Waals surface area contributed by atoms with E-state index in [4.69, 9.17) is 16.3 Å². The fourth-order valence-corrected chi connectivity index (χ4v) is 2.82. The van der Waals surface area contributed by atoms with Crippen LogP contribution >= 0.6 is 11.6 Å². The van der Waals surface area contributed by atoms with Crippen LogP contribution in [0.4, 0.5) is 0 Å². The van der Waals surface area contributed by atoms with Crippen molar-refractivity contribution in [3.05, 3.63) is 83.4 Å². The molecule has 2 aromatic rings. The van der Waals surface area contributed by atoms with E-state index < -0.39 is 29.9 Å². The summed E-state index contributed by atoms with van der Waals surface area (Å²) in [5, 5.41) is 5.70. The second kappa shape index (κ2) is 11.0. The van der Waals surface area contributed by atoms with E-state index >= 15 is 0 Å². The lowest BCUT2D eigenvalue weighted by atomic mass is 10.0. The Kier molecular flexibility index (Phi) is 8.43. The Bertz CT molecular complexity index is 870. The molecule has 152 valence electrons. The largest absolute Gasteiger partial charge is 0.452 e. The lowest BCUT2D eigenvalue weighted by molar-refractivity contribution is -0.155. The standard InChI is InChI=1S/C22H23ClN2O4/c1-3-13-24-21(27)15(2)29-20(26)14-19(16-9-5-4-6-10-16)25-22(28)17-11-7-8-12-18(17)23/h3-12,15,19H,1,13-14H2,2H3,(H,24,27)(H,25,28)/t15-,19+/m0/s1. The molecule has 7 heteroatoms. The maximum Gasteiger partial charge on any atom is 0.309 e. The highest BCUT2D eigenvalue weighted by Crippen LogP contribution is 2.21. The molecule has 0 fully saturated rings. The van der Waals surface area contributed by atoms with Crippen LogP contribution in [0.5, 0.6) is 0 Å². The van der Waals surface area contributed by atoms with Crippen LogP contribution < -0.4 is 10.6 Å². The van der Waals surface area contributed by atoms with Gasteiger partial charge in [-0.15, -0.1) is 6.58 Å². The maximum absolute atomic E-state index is 12.7. The molecule has 0 heterocycles. The molecule has 0 spiro atoms. The molecule has 2 atom stereocenters. The fraction of sp³-hybridized carbons (Fsp3) is 0.227. The van der Waals surface area contributed by atoms with E-state index in [1.54, 1.807) is 48.5 Å². The van der Waals surface area contributed by atoms with Crippen LogP contribution in [0.25, 0.3) is 0 Å². The summed E-state index contributed by atoms with van der Waals surface area (Å²) in [4.78, 5) is 36.9. The molecule has 0 aliphatic rings. The molecule has 0 saturated carbocycles. The third kappa shape index (κ3) is 6.76. The first-order valence-electron chi connectivity index (χ1n) is 9.10. The molecule has 0 aliphatic carbocycles. The van der Waals surface area contributed by atoms with Gasteiger partial charge in [0, 0.05) is 6.54 Å². The molecule has 0 bridgehead atoms. The van der Waals surface area contributed by atoms with Gasteiger partial charge in [-0.2, -0.15) is 0 Å². The number of esters is 1. The Labute approximate surface area is 174 Å². The van der Waals surface area contributed by atoms with Crippen molar-refractivity contribution < 1.29 is 19.1 Å². The molecule has 29 heavy (non-hydrogen) atoms. The topological polar surface area (TPSA) is 84.5 Å². The van der Waals surface area contributed by atoms with Gasteiger partial charge in [-0.05, 0) is 24.6 Å². The number of halogens is 1. The summed E-state index contributed by atoms with van der Waals surface area (Å²) in [7, 11) is 0. The van der Waals surface area contributed by atoms with Crippen LogP contribution in [-0.2, 0) is 14.3 Å². The quantitative estimate of drug-likeness (QED) is 0.486. The third-order valence-corrected chi connectivity index (χ3v) is 4.42. The van der Waals surface area contributed by atoms with Gasteiger partial charge < -0.3 is 15.4 Å². The molecule has 0 aliphatic heterocycles. The van der Waals surface area contributed by atoms with Crippen molar-refractivity contribution in [2.45, 2.75) is 25.5 Å². The smallest absolute Gasteiger partial charge is 0.309 e. The van der Waals surface area contributed by atoms with E-state index in [9.17, 15) is 14.4 Å². The Morgan fingerprint density at radius 1 is 1.10 bits per heavy atom. The van der Waals surface area contributed by atoms with E-state index in [1.165, 1.54) is 13.0 Å². The second-order valence-corrected chi connectivity index (χ2v) is 6.69. The number of carbonyl (C=O) groups is 3. The van der Waals surface area contributed by atoms with E-state index in [2.05, 4.69) is 17.2 Å². The summed E-state index contributed by atoms with van der Waals surface area (Å²) >= 11 is 6.10. The number of nitrogens with one attached hydrogen (secondary N) is 2. The van der Waals surface area contributed by atoms with Gasteiger partial charge in [0.2, 0.25) is 0 Å². The zero-order valence-electron chi connectivity index (χ0n) is 16.1. The normalized spacial score (nSPS) is 12.3. The molecular weight excluding hydrogens is 392 g/mol. The number of hydrogen-bond donors (Lipinski definition) is 2. The minimum absolute atomic E-state index is 0.140. The van der Waals surface area contributed by atoms with Crippen molar-refractivity contribution in [3.63, 3.8) is 0 Å². The molecule has 2 N–H and O–H groups in total. The summed E-state index contributed by atoms with van der Waals surface area (Å²) < 4.78 is 5.21. The number of carbonyl (C=O) groups excluding carboxylic acids is 3. The monoisotopic (exact) mass is 414 g/mol. The first kappa shape index (κ1) is 22.2. The first-order valence-corrected chi connectivity index (χ1v) is 9.48. The first-order chi connectivity index (χ1) is 13.9. The van der Waals surface area contributed by atoms with Gasteiger partial charge in [0.1, 0.15) is 0 Å². The summed E-state index contributed by atoms with van der Waals surface area (Å²) in [5.74, 6) is -1.44. The Morgan fingerprint density at radius 3 is 2.41 bits per heavy atom. The predicted octanol–water partition coefficient (Wildman–Crippen LogP) is 3.44. The van der Waals surface area contributed by atoms with E-state index in [0.29, 0.717) is 10.6 Å². The molecule has 6 nitrogen and oxygen atoms in total. The zero-order chi connectivity index (χ0) is 21.2. The minimum atomic E-state index is -0.960. The van der Waals surface area contributed by atoms with Crippen LogP contribution in [0.15, 0.2) is 67.3 Å². The highest BCUT2D eigenvalue weighted by Gasteiger charge is 2.24. The van der Waals surface area contributed by atoms with Crippen molar-refractivity contribution in [1.29, 1.82) is 0 Å². The van der Waals surface area contributed by atoms with Gasteiger partial charge in [0.25, 0.3) is 11.8 Å². The molecule has 2 amide bonds. The van der Waals surface area contributed by atoms with Crippen molar-refractivity contribution >= 4 is 29.4 Å². The molecular formula is C22H23ClN2O4. The van der Waals surface area contributed by atoms with Crippen molar-refractivity contribution in [1.82, 2.24) is 10.6 Å². The number of rotatable bonds is 9. The number of benzene rings is 2. The minimum Gasteiger partial charge on any atom is -0.452 e. The summed E-state index contributed by atoms with van der Waals surface area (Å²) in [6.45, 7) is 5.27. The van der Waals surface area contributed by atoms with Crippen LogP contribution in [0.1, 0.15) is 35.3 Å². The van der Waals surface area contributed by atoms with Gasteiger partial charge in [-0.1, -0.05) is 60.1 Å². The highest BCUT2D eigenvalue weighted by atomic mass is 35.5. The molecule has 0 aromatic heterocycles. The summed E-state index contributed by atoms with van der Waals surface area (Å²) in [6.07, 6.45) is 0.430. The number of ether oxygens (including phenoxy) is 1. The third-order valence-electron chi connectivity index (χ3n) is 4.09. The Hall–Kier alpha value is -3.12. The van der Waals surface area contributed by atoms with Gasteiger partial charge >= 0.3 is 5.97 Å². The fourth-order valence-electron chi connectivity index (χ4n) is 2.60. The van der Waals surface area contributed by atoms with Crippen LogP contribution in [0.3, 0.4) is 0 Å². The Balaban J connectivity index is 2.10. The molecule has 0 unspecified atom stereocenters. The highest BCUT2D eigenvalue weighted by molar-refractivity contribution is 6.33. The maximum atomic E-state index is 12.7. The van der Waals surface area contributed by atoms with Gasteiger partial charge in [-0.25, -0.2) is 0 Å². The molecule has 0 saturated heterocycles. The van der Waals surface area contributed by atoms with Crippen molar-refractivity contribution in [2.24, 2.45) is 0 Å². The van der Waals surface area contributed by atoms with E-state index in [1.807, 2.05) is 6.07 Å². The van der Waals surface area contributed by atoms with E-state index in [-0.39, 0.29) is 13.0 Å². The molecule has 2 aromatic carbocycles. The number of amides is 2. The predicted molar refractivity (Wildman–Crippen MR) is 111 cm³/mol. The van der Waals surface area contributed by atoms with E-state index in [0.717, 1.165) is 5.56 Å². The van der Waals surface area contributed by atoms with Gasteiger partial charge in [-0.3, -0.25) is 14.4 Å². The average molecular weight is 415 g/mol. The SMILES string of the molecule is C=CCNC(=O)[C@H](C)OC(=O)C[C@@H](NC(=O)c1ccccc1Cl)c1ccccc1. The Morgan fingerprint density at radius 2 is 1.76 bits per heavy atom. The lowest BCUT2D eigenvalue weighted by Crippen LogP contribution is -2.37. The van der Waals surface area contributed by atoms with Crippen molar-refractivity contribution in [2.75, 3.05) is 6.54 Å². The lowest BCUT2D eigenvalue weighted by Gasteiger charge is -2.20. The van der Waals surface area contributed by atoms with Crippen LogP contribution in [0, 0.1) is 0 Å². The van der Waals surface area contributed by atoms with Crippen LogP contribution in [-0.4, -0.2) is 30.4 Å². The second-order valence-electron chi connectivity index (χ2n) is 6.29. The summed E-state index contributed by atoms with van der Waals surface area (Å²) in [6, 6.07) is 15.0. The van der Waals surface area contributed by atoms with Crippen molar-refractivity contribution in [3.8, 4) is 0 Å². The number of hydrogen-bond acceptors (Lipinski definition) is 4. The summed E-state index contributed by atoms with van der Waals surface area (Å²) in [5.41, 5.74) is 1.04. The average Bonchev–Trinajstić information content (AvgIpc) is 2.72. The van der Waals surface area contributed by atoms with Gasteiger partial charge in [0.05, 0.1) is 23.0 Å². The zero-order valence-corrected chi connectivity index (χ0v) is 16.8. The van der Waals surface area contributed by atoms with Crippen LogP contribution in [0.2, 0.25) is 5.02 Å². The van der Waals surface area contributed by atoms with Gasteiger partial charge in [0.15, 0.2) is 6.10 Å². The molecule has 2 rings (SSSR count). The molecule has 0 radical (unpaired) electrons.